The largest absolute Gasteiger partial charge is 0.480 e. The average Bonchev–Trinajstić information content (AvgIpc) is 2.84. The third kappa shape index (κ3) is 3.18. The molecule has 8 nitrogen and oxygen atoms in total. The number of aliphatic hydroxyl groups excluding tert-OH is 1. The Bertz CT molecular complexity index is 809. The summed E-state index contributed by atoms with van der Waals surface area (Å²) < 4.78 is 39.3. The number of carbonyl (C=O) groups is 1. The van der Waals surface area contributed by atoms with Gasteiger partial charge in [-0.15, -0.1) is 0 Å². The van der Waals surface area contributed by atoms with Gasteiger partial charge in [-0.05, 0) is 6.07 Å². The number of rotatable bonds is 4. The van der Waals surface area contributed by atoms with E-state index in [1.54, 1.807) is 13.8 Å². The average molecular weight is 334 g/mol. The Hall–Kier alpha value is -2.43. The molecule has 0 amide bonds. The van der Waals surface area contributed by atoms with Crippen molar-refractivity contribution in [2.75, 3.05) is 0 Å². The highest BCUT2D eigenvalue weighted by Gasteiger charge is 2.41. The molecule has 0 aliphatic rings. The molecule has 11 heteroatoms. The topological polar surface area (TPSA) is 110 Å². The van der Waals surface area contributed by atoms with Gasteiger partial charge in [0.15, 0.2) is 11.9 Å². The van der Waals surface area contributed by atoms with Gasteiger partial charge in [0.1, 0.15) is 17.8 Å². The number of hydrogen-bond acceptors (Lipinski definition) is 5. The molecule has 2 heterocycles. The number of alkyl halides is 3. The molecule has 2 aromatic rings. The summed E-state index contributed by atoms with van der Waals surface area (Å²) in [7, 11) is 0. The predicted molar refractivity (Wildman–Crippen MR) is 70.0 cm³/mol. The first-order chi connectivity index (χ1) is 10.5. The van der Waals surface area contributed by atoms with E-state index < -0.39 is 36.0 Å². The summed E-state index contributed by atoms with van der Waals surface area (Å²) in [5, 5.41) is 25.5. The van der Waals surface area contributed by atoms with Crippen molar-refractivity contribution in [1.82, 2.24) is 19.4 Å². The second-order valence-electron chi connectivity index (χ2n) is 5.18. The molecule has 2 N–H and O–H groups in total. The molecule has 0 fully saturated rings. The first-order valence-electron chi connectivity index (χ1n) is 6.49. The Labute approximate surface area is 126 Å². The molecular weight excluding hydrogens is 321 g/mol. The Morgan fingerprint density at radius 2 is 1.96 bits per heavy atom. The van der Waals surface area contributed by atoms with Crippen molar-refractivity contribution in [2.24, 2.45) is 0 Å². The fourth-order valence-electron chi connectivity index (χ4n) is 1.97. The van der Waals surface area contributed by atoms with Gasteiger partial charge in [0.2, 0.25) is 0 Å². The number of carboxylic acid groups (broad SMARTS) is 1. The van der Waals surface area contributed by atoms with Crippen molar-refractivity contribution >= 4 is 11.5 Å². The number of halogens is 3. The number of nitrogens with zero attached hydrogens (tertiary/aromatic N) is 4. The van der Waals surface area contributed by atoms with Crippen LogP contribution in [0.4, 0.5) is 13.2 Å². The van der Waals surface area contributed by atoms with Crippen LogP contribution in [0.2, 0.25) is 0 Å². The van der Waals surface area contributed by atoms with Crippen molar-refractivity contribution in [3.8, 4) is 0 Å². The molecule has 0 bridgehead atoms. The van der Waals surface area contributed by atoms with Crippen LogP contribution in [0, 0.1) is 0 Å². The molecule has 2 rings (SSSR count). The maximum absolute atomic E-state index is 12.6. The van der Waals surface area contributed by atoms with Gasteiger partial charge < -0.3 is 10.2 Å². The zero-order valence-corrected chi connectivity index (χ0v) is 12.1. The van der Waals surface area contributed by atoms with E-state index in [-0.39, 0.29) is 17.3 Å². The van der Waals surface area contributed by atoms with Crippen LogP contribution >= 0.6 is 0 Å². The van der Waals surface area contributed by atoms with E-state index in [1.165, 1.54) is 0 Å². The highest BCUT2D eigenvalue weighted by Crippen LogP contribution is 2.32. The molecule has 1 unspecified atom stereocenters. The Morgan fingerprint density at radius 3 is 2.43 bits per heavy atom. The lowest BCUT2D eigenvalue weighted by atomic mass is 10.2. The van der Waals surface area contributed by atoms with E-state index in [4.69, 9.17) is 5.11 Å². The molecule has 0 saturated heterocycles. The van der Waals surface area contributed by atoms with Crippen molar-refractivity contribution in [1.29, 1.82) is 0 Å². The van der Waals surface area contributed by atoms with E-state index in [0.29, 0.717) is 4.68 Å². The minimum absolute atomic E-state index is 0.0986. The smallest absolute Gasteiger partial charge is 0.420 e. The van der Waals surface area contributed by atoms with Crippen LogP contribution < -0.4 is 5.56 Å². The molecule has 0 spiro atoms. The Balaban J connectivity index is 2.73. The second kappa shape index (κ2) is 5.65. The van der Waals surface area contributed by atoms with E-state index in [1.807, 2.05) is 0 Å². The fourth-order valence-corrected chi connectivity index (χ4v) is 1.97. The van der Waals surface area contributed by atoms with E-state index in [9.17, 15) is 27.9 Å². The molecule has 126 valence electrons. The van der Waals surface area contributed by atoms with Crippen LogP contribution in [0.3, 0.4) is 0 Å². The SMILES string of the molecule is CC(C)c1nn(CC(=O)O)c(=O)c2cc(C(O)C(F)(F)F)nn12. The first-order valence-corrected chi connectivity index (χ1v) is 6.49. The number of aliphatic carboxylic acids is 1. The quantitative estimate of drug-likeness (QED) is 0.851. The van der Waals surface area contributed by atoms with Crippen molar-refractivity contribution in [3.05, 3.63) is 27.9 Å². The van der Waals surface area contributed by atoms with Gasteiger partial charge in [0.25, 0.3) is 5.56 Å². The van der Waals surface area contributed by atoms with Crippen LogP contribution in [-0.4, -0.2) is 41.8 Å². The molecule has 0 aromatic carbocycles. The van der Waals surface area contributed by atoms with Gasteiger partial charge in [-0.25, -0.2) is 9.20 Å². The molecule has 0 saturated carbocycles. The third-order valence-corrected chi connectivity index (χ3v) is 3.01. The monoisotopic (exact) mass is 334 g/mol. The number of fused-ring (bicyclic) bond motifs is 1. The minimum Gasteiger partial charge on any atom is -0.480 e. The van der Waals surface area contributed by atoms with Crippen LogP contribution in [0.25, 0.3) is 5.52 Å². The summed E-state index contributed by atoms with van der Waals surface area (Å²) in [5.41, 5.74) is -1.96. The summed E-state index contributed by atoms with van der Waals surface area (Å²) in [6, 6.07) is 0.784. The fraction of sp³-hybridized carbons (Fsp3) is 0.500. The highest BCUT2D eigenvalue weighted by molar-refractivity contribution is 5.66. The Kier molecular flexibility index (Phi) is 4.16. The van der Waals surface area contributed by atoms with Crippen LogP contribution in [0.15, 0.2) is 10.9 Å². The van der Waals surface area contributed by atoms with Crippen molar-refractivity contribution < 1.29 is 28.2 Å². The molecule has 2 aromatic heterocycles. The minimum atomic E-state index is -4.94. The summed E-state index contributed by atoms with van der Waals surface area (Å²) in [5.74, 6) is -1.58. The van der Waals surface area contributed by atoms with E-state index in [2.05, 4.69) is 10.2 Å². The lowest BCUT2D eigenvalue weighted by molar-refractivity contribution is -0.208. The van der Waals surface area contributed by atoms with E-state index in [0.717, 1.165) is 10.6 Å². The molecule has 0 aliphatic heterocycles. The second-order valence-corrected chi connectivity index (χ2v) is 5.18. The highest BCUT2D eigenvalue weighted by atomic mass is 19.4. The zero-order chi connectivity index (χ0) is 17.5. The maximum atomic E-state index is 12.6. The van der Waals surface area contributed by atoms with Gasteiger partial charge in [0.05, 0.1) is 0 Å². The summed E-state index contributed by atoms with van der Waals surface area (Å²) in [4.78, 5) is 22.9. The summed E-state index contributed by atoms with van der Waals surface area (Å²) in [6.45, 7) is 2.56. The Morgan fingerprint density at radius 1 is 1.35 bits per heavy atom. The number of aromatic nitrogens is 4. The van der Waals surface area contributed by atoms with Crippen LogP contribution in [-0.2, 0) is 11.3 Å². The maximum Gasteiger partial charge on any atom is 0.420 e. The number of carboxylic acids is 1. The third-order valence-electron chi connectivity index (χ3n) is 3.01. The van der Waals surface area contributed by atoms with Gasteiger partial charge in [-0.1, -0.05) is 13.8 Å². The molecule has 1 atom stereocenters. The van der Waals surface area contributed by atoms with Gasteiger partial charge in [-0.3, -0.25) is 9.59 Å². The molecule has 0 radical (unpaired) electrons. The summed E-state index contributed by atoms with van der Waals surface area (Å²) in [6.07, 6.45) is -7.79. The molecular formula is C12H13F3N4O4. The van der Waals surface area contributed by atoms with Crippen molar-refractivity contribution in [3.63, 3.8) is 0 Å². The first kappa shape index (κ1) is 16.9. The molecule has 0 aliphatic carbocycles. The van der Waals surface area contributed by atoms with Gasteiger partial charge in [-0.2, -0.15) is 23.4 Å². The van der Waals surface area contributed by atoms with Crippen LogP contribution in [0.1, 0.15) is 37.4 Å². The summed E-state index contributed by atoms with van der Waals surface area (Å²) >= 11 is 0. The van der Waals surface area contributed by atoms with Crippen LogP contribution in [0.5, 0.6) is 0 Å². The van der Waals surface area contributed by atoms with Crippen molar-refractivity contribution in [2.45, 2.75) is 38.6 Å². The normalized spacial score (nSPS) is 13.7. The lowest BCUT2D eigenvalue weighted by Crippen LogP contribution is -2.30. The standard InChI is InChI=1S/C12H13F3N4O4/c1-5(2)10-17-18(4-8(20)21)11(23)7-3-6(16-19(7)10)9(22)12(13,14)15/h3,5,9,22H,4H2,1-2H3,(H,20,21). The number of hydrogen-bond donors (Lipinski definition) is 2. The lowest BCUT2D eigenvalue weighted by Gasteiger charge is -2.11. The number of aliphatic hydroxyl groups is 1. The predicted octanol–water partition coefficient (Wildman–Crippen LogP) is 0.695. The zero-order valence-electron chi connectivity index (χ0n) is 12.1. The van der Waals surface area contributed by atoms with E-state index >= 15 is 0 Å². The van der Waals surface area contributed by atoms with Gasteiger partial charge >= 0.3 is 12.1 Å². The van der Waals surface area contributed by atoms with Gasteiger partial charge in [0, 0.05) is 5.92 Å². The molecule has 23 heavy (non-hydrogen) atoms.